The van der Waals surface area contributed by atoms with E-state index in [1.807, 2.05) is 55.5 Å². The number of methoxy groups -OCH3 is 1. The maximum atomic E-state index is 5.91. The molecule has 0 aliphatic carbocycles. The molecule has 20 heavy (non-hydrogen) atoms. The highest BCUT2D eigenvalue weighted by Gasteiger charge is 2.02. The zero-order valence-corrected chi connectivity index (χ0v) is 11.8. The van der Waals surface area contributed by atoms with Crippen LogP contribution in [0.25, 0.3) is 0 Å². The molecule has 0 aliphatic heterocycles. The van der Waals surface area contributed by atoms with Gasteiger partial charge < -0.3 is 15.8 Å². The smallest absolute Gasteiger partial charge is 0.193 e. The van der Waals surface area contributed by atoms with Crippen molar-refractivity contribution in [1.29, 1.82) is 0 Å². The number of benzene rings is 2. The molecule has 0 amide bonds. The van der Waals surface area contributed by atoms with E-state index in [2.05, 4.69) is 10.3 Å². The second-order valence-electron chi connectivity index (χ2n) is 4.49. The highest BCUT2D eigenvalue weighted by Crippen LogP contribution is 2.21. The Balaban J connectivity index is 2.05. The monoisotopic (exact) mass is 269 g/mol. The lowest BCUT2D eigenvalue weighted by Gasteiger charge is -2.10. The number of ether oxygens (including phenoxy) is 1. The van der Waals surface area contributed by atoms with Gasteiger partial charge in [-0.05, 0) is 24.1 Å². The standard InChI is InChI=1S/C16H19N3O/c1-12-8-9-14(20-2)10-15(12)19-16(17)18-11-13-6-4-3-5-7-13/h3-10H,11H2,1-2H3,(H3,17,18,19). The van der Waals surface area contributed by atoms with Crippen molar-refractivity contribution < 1.29 is 4.74 Å². The summed E-state index contributed by atoms with van der Waals surface area (Å²) in [6.45, 7) is 2.56. The molecule has 2 aromatic rings. The van der Waals surface area contributed by atoms with Crippen LogP contribution >= 0.6 is 0 Å². The first kappa shape index (κ1) is 13.9. The van der Waals surface area contributed by atoms with E-state index >= 15 is 0 Å². The first-order valence-corrected chi connectivity index (χ1v) is 6.44. The SMILES string of the molecule is COc1ccc(C)c(NC(N)=NCc2ccccc2)c1. The number of hydrogen-bond donors (Lipinski definition) is 2. The number of nitrogens with one attached hydrogen (secondary N) is 1. The largest absolute Gasteiger partial charge is 0.497 e. The van der Waals surface area contributed by atoms with Crippen LogP contribution in [0.1, 0.15) is 11.1 Å². The van der Waals surface area contributed by atoms with E-state index in [0.29, 0.717) is 12.5 Å². The second-order valence-corrected chi connectivity index (χ2v) is 4.49. The van der Waals surface area contributed by atoms with Gasteiger partial charge in [0, 0.05) is 11.8 Å². The molecular formula is C16H19N3O. The summed E-state index contributed by atoms with van der Waals surface area (Å²) in [5, 5.41) is 3.10. The summed E-state index contributed by atoms with van der Waals surface area (Å²) >= 11 is 0. The summed E-state index contributed by atoms with van der Waals surface area (Å²) in [4.78, 5) is 4.33. The van der Waals surface area contributed by atoms with E-state index < -0.39 is 0 Å². The summed E-state index contributed by atoms with van der Waals surface area (Å²) < 4.78 is 5.20. The van der Waals surface area contributed by atoms with E-state index in [4.69, 9.17) is 10.5 Å². The maximum Gasteiger partial charge on any atom is 0.193 e. The zero-order valence-electron chi connectivity index (χ0n) is 11.8. The van der Waals surface area contributed by atoms with Crippen molar-refractivity contribution in [2.75, 3.05) is 12.4 Å². The van der Waals surface area contributed by atoms with Gasteiger partial charge in [-0.1, -0.05) is 36.4 Å². The Morgan fingerprint density at radius 3 is 2.65 bits per heavy atom. The topological polar surface area (TPSA) is 59.6 Å². The van der Waals surface area contributed by atoms with Gasteiger partial charge in [0.15, 0.2) is 5.96 Å². The predicted molar refractivity (Wildman–Crippen MR) is 83.1 cm³/mol. The third-order valence-corrected chi connectivity index (χ3v) is 2.98. The van der Waals surface area contributed by atoms with Crippen molar-refractivity contribution in [3.8, 4) is 5.75 Å². The van der Waals surface area contributed by atoms with Crippen LogP contribution in [0.2, 0.25) is 0 Å². The third-order valence-electron chi connectivity index (χ3n) is 2.98. The van der Waals surface area contributed by atoms with Gasteiger partial charge in [-0.2, -0.15) is 0 Å². The van der Waals surface area contributed by atoms with Gasteiger partial charge in [-0.15, -0.1) is 0 Å². The first-order chi connectivity index (χ1) is 9.69. The fraction of sp³-hybridized carbons (Fsp3) is 0.188. The minimum atomic E-state index is 0.394. The molecule has 0 radical (unpaired) electrons. The number of nitrogens with two attached hydrogens (primary N) is 1. The molecule has 4 nitrogen and oxygen atoms in total. The molecule has 0 aromatic heterocycles. The molecule has 0 unspecified atom stereocenters. The number of rotatable bonds is 4. The lowest BCUT2D eigenvalue weighted by Crippen LogP contribution is -2.23. The fourth-order valence-corrected chi connectivity index (χ4v) is 1.80. The number of nitrogens with zero attached hydrogens (tertiary/aromatic N) is 1. The zero-order chi connectivity index (χ0) is 14.4. The molecular weight excluding hydrogens is 250 g/mol. The van der Waals surface area contributed by atoms with Crippen LogP contribution < -0.4 is 15.8 Å². The van der Waals surface area contributed by atoms with E-state index in [-0.39, 0.29) is 0 Å². The highest BCUT2D eigenvalue weighted by atomic mass is 16.5. The fourth-order valence-electron chi connectivity index (χ4n) is 1.80. The molecule has 0 fully saturated rings. The van der Waals surface area contributed by atoms with Gasteiger partial charge in [0.2, 0.25) is 0 Å². The molecule has 3 N–H and O–H groups in total. The second kappa shape index (κ2) is 6.61. The van der Waals surface area contributed by atoms with Crippen LogP contribution in [0, 0.1) is 6.92 Å². The first-order valence-electron chi connectivity index (χ1n) is 6.44. The van der Waals surface area contributed by atoms with Crippen molar-refractivity contribution >= 4 is 11.6 Å². The normalized spacial score (nSPS) is 11.2. The molecule has 0 saturated heterocycles. The lowest BCUT2D eigenvalue weighted by atomic mass is 10.2. The molecule has 4 heteroatoms. The van der Waals surface area contributed by atoms with Gasteiger partial charge in [0.05, 0.1) is 13.7 Å². The summed E-state index contributed by atoms with van der Waals surface area (Å²) in [6.07, 6.45) is 0. The Morgan fingerprint density at radius 2 is 1.95 bits per heavy atom. The van der Waals surface area contributed by atoms with Gasteiger partial charge in [-0.25, -0.2) is 4.99 Å². The van der Waals surface area contributed by atoms with Crippen LogP contribution in [0.15, 0.2) is 53.5 Å². The molecule has 0 spiro atoms. The number of guanidine groups is 1. The molecule has 0 heterocycles. The molecule has 0 bridgehead atoms. The molecule has 0 aliphatic rings. The van der Waals surface area contributed by atoms with E-state index in [9.17, 15) is 0 Å². The van der Waals surface area contributed by atoms with Crippen LogP contribution in [0.4, 0.5) is 5.69 Å². The molecule has 104 valence electrons. The molecule has 2 aromatic carbocycles. The Morgan fingerprint density at radius 1 is 1.20 bits per heavy atom. The van der Waals surface area contributed by atoms with Crippen LogP contribution in [0.5, 0.6) is 5.75 Å². The van der Waals surface area contributed by atoms with Crippen molar-refractivity contribution in [3.63, 3.8) is 0 Å². The minimum absolute atomic E-state index is 0.394. The lowest BCUT2D eigenvalue weighted by molar-refractivity contribution is 0.415. The Labute approximate surface area is 119 Å². The summed E-state index contributed by atoms with van der Waals surface area (Å²) in [5.74, 6) is 1.18. The van der Waals surface area contributed by atoms with Crippen molar-refractivity contribution in [1.82, 2.24) is 0 Å². The van der Waals surface area contributed by atoms with Crippen LogP contribution in [-0.4, -0.2) is 13.1 Å². The van der Waals surface area contributed by atoms with Crippen LogP contribution in [-0.2, 0) is 6.54 Å². The number of aliphatic imine (C=N–C) groups is 1. The third kappa shape index (κ3) is 3.75. The Kier molecular flexibility index (Phi) is 4.60. The minimum Gasteiger partial charge on any atom is -0.497 e. The Bertz CT molecular complexity index is 594. The summed E-state index contributed by atoms with van der Waals surface area (Å²) in [7, 11) is 1.64. The number of aryl methyl sites for hydroxylation is 1. The van der Waals surface area contributed by atoms with E-state index in [1.165, 1.54) is 0 Å². The highest BCUT2D eigenvalue weighted by molar-refractivity contribution is 5.93. The van der Waals surface area contributed by atoms with E-state index in [0.717, 1.165) is 22.6 Å². The quantitative estimate of drug-likeness (QED) is 0.662. The van der Waals surface area contributed by atoms with Gasteiger partial charge in [0.25, 0.3) is 0 Å². The van der Waals surface area contributed by atoms with Crippen molar-refractivity contribution in [2.24, 2.45) is 10.7 Å². The van der Waals surface area contributed by atoms with Gasteiger partial charge >= 0.3 is 0 Å². The Hall–Kier alpha value is -2.49. The molecule has 2 rings (SSSR count). The van der Waals surface area contributed by atoms with E-state index in [1.54, 1.807) is 7.11 Å². The average molecular weight is 269 g/mol. The predicted octanol–water partition coefficient (Wildman–Crippen LogP) is 2.93. The average Bonchev–Trinajstić information content (AvgIpc) is 2.48. The van der Waals surface area contributed by atoms with Gasteiger partial charge in [-0.3, -0.25) is 0 Å². The van der Waals surface area contributed by atoms with Crippen molar-refractivity contribution in [2.45, 2.75) is 13.5 Å². The summed E-state index contributed by atoms with van der Waals surface area (Å²) in [5.41, 5.74) is 9.02. The van der Waals surface area contributed by atoms with Crippen molar-refractivity contribution in [3.05, 3.63) is 59.7 Å². The number of anilines is 1. The van der Waals surface area contributed by atoms with Crippen LogP contribution in [0.3, 0.4) is 0 Å². The van der Waals surface area contributed by atoms with Gasteiger partial charge in [0.1, 0.15) is 5.75 Å². The molecule has 0 saturated carbocycles. The molecule has 0 atom stereocenters. The maximum absolute atomic E-state index is 5.91. The summed E-state index contributed by atoms with van der Waals surface area (Å²) in [6, 6.07) is 15.8. The number of hydrogen-bond acceptors (Lipinski definition) is 2.